The van der Waals surface area contributed by atoms with Gasteiger partial charge in [-0.3, -0.25) is 4.79 Å². The van der Waals surface area contributed by atoms with E-state index in [9.17, 15) is 9.18 Å². The zero-order valence-electron chi connectivity index (χ0n) is 9.70. The summed E-state index contributed by atoms with van der Waals surface area (Å²) in [7, 11) is 3.06. The summed E-state index contributed by atoms with van der Waals surface area (Å²) in [5, 5.41) is 2.60. The molecule has 2 rings (SSSR count). The second kappa shape index (κ2) is 4.61. The molecule has 0 bridgehead atoms. The highest BCUT2D eigenvalue weighted by Gasteiger charge is 2.35. The SMILES string of the molecule is COc1cccc(OC)c1C1CC(F)C(=O)N1. The minimum atomic E-state index is -1.46. The van der Waals surface area contributed by atoms with Crippen molar-refractivity contribution in [2.45, 2.75) is 18.6 Å². The summed E-state index contributed by atoms with van der Waals surface area (Å²) in [6.45, 7) is 0. The van der Waals surface area contributed by atoms with E-state index in [0.717, 1.165) is 0 Å². The predicted molar refractivity (Wildman–Crippen MR) is 59.9 cm³/mol. The number of benzene rings is 1. The molecule has 2 unspecified atom stereocenters. The van der Waals surface area contributed by atoms with E-state index in [0.29, 0.717) is 17.1 Å². The Bertz CT molecular complexity index is 414. The van der Waals surface area contributed by atoms with E-state index in [2.05, 4.69) is 5.32 Å². The summed E-state index contributed by atoms with van der Waals surface area (Å²) in [5.74, 6) is 0.593. The third kappa shape index (κ3) is 2.05. The van der Waals surface area contributed by atoms with Gasteiger partial charge in [-0.1, -0.05) is 6.07 Å². The lowest BCUT2D eigenvalue weighted by Crippen LogP contribution is -2.22. The number of hydrogen-bond acceptors (Lipinski definition) is 3. The smallest absolute Gasteiger partial charge is 0.255 e. The van der Waals surface area contributed by atoms with Crippen LogP contribution in [0.25, 0.3) is 0 Å². The molecule has 1 aliphatic rings. The largest absolute Gasteiger partial charge is 0.496 e. The molecule has 1 heterocycles. The maximum absolute atomic E-state index is 13.2. The molecule has 1 aromatic rings. The van der Waals surface area contributed by atoms with Gasteiger partial charge in [-0.2, -0.15) is 0 Å². The molecule has 0 aromatic heterocycles. The zero-order chi connectivity index (χ0) is 12.4. The van der Waals surface area contributed by atoms with Gasteiger partial charge in [0, 0.05) is 6.42 Å². The summed E-state index contributed by atoms with van der Waals surface area (Å²) < 4.78 is 23.7. The number of amides is 1. The second-order valence-electron chi connectivity index (χ2n) is 3.84. The van der Waals surface area contributed by atoms with Crippen molar-refractivity contribution in [3.8, 4) is 11.5 Å². The maximum atomic E-state index is 13.2. The van der Waals surface area contributed by atoms with Crippen LogP contribution in [-0.2, 0) is 4.79 Å². The van der Waals surface area contributed by atoms with Gasteiger partial charge in [-0.15, -0.1) is 0 Å². The molecule has 2 atom stereocenters. The molecule has 1 N–H and O–H groups in total. The first-order valence-corrected chi connectivity index (χ1v) is 5.32. The third-order valence-electron chi connectivity index (χ3n) is 2.86. The highest BCUT2D eigenvalue weighted by molar-refractivity contribution is 5.83. The number of ether oxygens (including phenoxy) is 2. The summed E-state index contributed by atoms with van der Waals surface area (Å²) in [4.78, 5) is 11.2. The number of alkyl halides is 1. The molecule has 1 aromatic carbocycles. The third-order valence-corrected chi connectivity index (χ3v) is 2.86. The van der Waals surface area contributed by atoms with E-state index in [4.69, 9.17) is 9.47 Å². The standard InChI is InChI=1S/C12H14FNO3/c1-16-9-4-3-5-10(17-2)11(9)8-6-7(13)12(15)14-8/h3-5,7-8H,6H2,1-2H3,(H,14,15). The molecular formula is C12H14FNO3. The molecule has 0 aliphatic carbocycles. The normalized spacial score (nSPS) is 23.4. The lowest BCUT2D eigenvalue weighted by Gasteiger charge is -2.17. The minimum absolute atomic E-state index is 0.107. The van der Waals surface area contributed by atoms with Crippen molar-refractivity contribution in [1.29, 1.82) is 0 Å². The minimum Gasteiger partial charge on any atom is -0.496 e. The number of nitrogens with one attached hydrogen (secondary N) is 1. The molecule has 1 amide bonds. The Hall–Kier alpha value is -1.78. The van der Waals surface area contributed by atoms with Gasteiger partial charge in [0.2, 0.25) is 0 Å². The molecule has 0 radical (unpaired) electrons. The van der Waals surface area contributed by atoms with Crippen molar-refractivity contribution in [2.24, 2.45) is 0 Å². The lowest BCUT2D eigenvalue weighted by molar-refractivity contribution is -0.123. The van der Waals surface area contributed by atoms with Crippen LogP contribution < -0.4 is 14.8 Å². The summed E-state index contributed by atoms with van der Waals surface area (Å²) in [6.07, 6.45) is -1.36. The number of hydrogen-bond donors (Lipinski definition) is 1. The van der Waals surface area contributed by atoms with Crippen LogP contribution >= 0.6 is 0 Å². The number of carbonyl (C=O) groups is 1. The van der Waals surface area contributed by atoms with Gasteiger partial charge in [0.25, 0.3) is 5.91 Å². The lowest BCUT2D eigenvalue weighted by atomic mass is 10.0. The van der Waals surface area contributed by atoms with Crippen LogP contribution in [0.5, 0.6) is 11.5 Å². The Labute approximate surface area is 98.7 Å². The van der Waals surface area contributed by atoms with Crippen LogP contribution in [0.1, 0.15) is 18.0 Å². The molecule has 5 heteroatoms. The van der Waals surface area contributed by atoms with Crippen LogP contribution in [0.15, 0.2) is 18.2 Å². The second-order valence-corrected chi connectivity index (χ2v) is 3.84. The van der Waals surface area contributed by atoms with Gasteiger partial charge in [0.15, 0.2) is 6.17 Å². The molecule has 0 saturated carbocycles. The predicted octanol–water partition coefficient (Wildman–Crippen LogP) is 1.60. The first kappa shape index (κ1) is 11.7. The van der Waals surface area contributed by atoms with Crippen molar-refractivity contribution in [3.05, 3.63) is 23.8 Å². The van der Waals surface area contributed by atoms with Gasteiger partial charge in [-0.25, -0.2) is 4.39 Å². The number of carbonyl (C=O) groups excluding carboxylic acids is 1. The monoisotopic (exact) mass is 239 g/mol. The van der Waals surface area contributed by atoms with Gasteiger partial charge in [0.1, 0.15) is 11.5 Å². The highest BCUT2D eigenvalue weighted by Crippen LogP contribution is 2.38. The van der Waals surface area contributed by atoms with Gasteiger partial charge < -0.3 is 14.8 Å². The average molecular weight is 239 g/mol. The van der Waals surface area contributed by atoms with Gasteiger partial charge >= 0.3 is 0 Å². The summed E-state index contributed by atoms with van der Waals surface area (Å²) in [5.41, 5.74) is 0.686. The van der Waals surface area contributed by atoms with Crippen LogP contribution in [0.2, 0.25) is 0 Å². The van der Waals surface area contributed by atoms with E-state index in [1.807, 2.05) is 0 Å². The quantitative estimate of drug-likeness (QED) is 0.871. The van der Waals surface area contributed by atoms with Gasteiger partial charge in [-0.05, 0) is 12.1 Å². The van der Waals surface area contributed by atoms with Crippen LogP contribution in [-0.4, -0.2) is 26.3 Å². The molecule has 1 aliphatic heterocycles. The number of rotatable bonds is 3. The van der Waals surface area contributed by atoms with E-state index in [1.54, 1.807) is 18.2 Å². The Balaban J connectivity index is 2.40. The van der Waals surface area contributed by atoms with Gasteiger partial charge in [0.05, 0.1) is 25.8 Å². The van der Waals surface area contributed by atoms with Crippen molar-refractivity contribution in [2.75, 3.05) is 14.2 Å². The average Bonchev–Trinajstić information content (AvgIpc) is 2.68. The summed E-state index contributed by atoms with van der Waals surface area (Å²) >= 11 is 0. The Kier molecular flexibility index (Phi) is 3.17. The van der Waals surface area contributed by atoms with Crippen molar-refractivity contribution in [3.63, 3.8) is 0 Å². The van der Waals surface area contributed by atoms with Crippen LogP contribution in [0.3, 0.4) is 0 Å². The number of halogens is 1. The molecule has 4 nitrogen and oxygen atoms in total. The molecule has 92 valence electrons. The van der Waals surface area contributed by atoms with E-state index >= 15 is 0 Å². The van der Waals surface area contributed by atoms with E-state index in [1.165, 1.54) is 14.2 Å². The van der Waals surface area contributed by atoms with E-state index in [-0.39, 0.29) is 6.42 Å². The van der Waals surface area contributed by atoms with Crippen LogP contribution in [0.4, 0.5) is 4.39 Å². The highest BCUT2D eigenvalue weighted by atomic mass is 19.1. The Morgan fingerprint density at radius 2 is 1.88 bits per heavy atom. The number of methoxy groups -OCH3 is 2. The fourth-order valence-electron chi connectivity index (χ4n) is 2.05. The molecule has 1 fully saturated rings. The molecule has 0 spiro atoms. The maximum Gasteiger partial charge on any atom is 0.255 e. The molecule has 1 saturated heterocycles. The topological polar surface area (TPSA) is 47.6 Å². The van der Waals surface area contributed by atoms with E-state index < -0.39 is 18.1 Å². The van der Waals surface area contributed by atoms with Crippen molar-refractivity contribution >= 4 is 5.91 Å². The zero-order valence-corrected chi connectivity index (χ0v) is 9.70. The fraction of sp³-hybridized carbons (Fsp3) is 0.417. The first-order chi connectivity index (χ1) is 8.17. The summed E-state index contributed by atoms with van der Waals surface area (Å²) in [6, 6.07) is 4.90. The Morgan fingerprint density at radius 3 is 2.29 bits per heavy atom. The van der Waals surface area contributed by atoms with Crippen LogP contribution in [0, 0.1) is 0 Å². The van der Waals surface area contributed by atoms with Crippen molar-refractivity contribution in [1.82, 2.24) is 5.32 Å². The Morgan fingerprint density at radius 1 is 1.29 bits per heavy atom. The molecule has 17 heavy (non-hydrogen) atoms. The van der Waals surface area contributed by atoms with Crippen molar-refractivity contribution < 1.29 is 18.7 Å². The fourth-order valence-corrected chi connectivity index (χ4v) is 2.05. The molecular weight excluding hydrogens is 225 g/mol. The first-order valence-electron chi connectivity index (χ1n) is 5.32.